The molecule has 0 unspecified atom stereocenters. The normalized spacial score (nSPS) is 11.3. The summed E-state index contributed by atoms with van der Waals surface area (Å²) in [6.45, 7) is 4.37. The van der Waals surface area contributed by atoms with Gasteiger partial charge in [-0.2, -0.15) is 0 Å². The number of rotatable bonds is 10. The highest BCUT2D eigenvalue weighted by atomic mass is 35.5. The minimum Gasteiger partial charge on any atom is -0.481 e. The van der Waals surface area contributed by atoms with Gasteiger partial charge in [0.25, 0.3) is 0 Å². The number of nitrogens with one attached hydrogen (secondary N) is 1. The van der Waals surface area contributed by atoms with Crippen molar-refractivity contribution in [2.24, 2.45) is 0 Å². The number of carbonyl (C=O) groups excluding carboxylic acids is 1. The summed E-state index contributed by atoms with van der Waals surface area (Å²) < 4.78 is 0. The van der Waals surface area contributed by atoms with E-state index in [1.54, 1.807) is 6.07 Å². The smallest absolute Gasteiger partial charge is 0.303 e. The molecule has 4 nitrogen and oxygen atoms in total. The van der Waals surface area contributed by atoms with Crippen LogP contribution in [0.4, 0.5) is 0 Å². The van der Waals surface area contributed by atoms with Gasteiger partial charge in [-0.15, -0.1) is 0 Å². The van der Waals surface area contributed by atoms with Crippen LogP contribution in [0.25, 0.3) is 0 Å². The summed E-state index contributed by atoms with van der Waals surface area (Å²) in [4.78, 5) is 22.8. The van der Waals surface area contributed by atoms with E-state index in [4.69, 9.17) is 16.7 Å². The maximum absolute atomic E-state index is 12.4. The Balaban J connectivity index is 2.28. The number of unbranched alkanes of at least 4 members (excludes halogenated alkanes) is 4. The Labute approximate surface area is 143 Å². The average Bonchev–Trinajstić information content (AvgIpc) is 2.49. The van der Waals surface area contributed by atoms with E-state index in [-0.39, 0.29) is 12.3 Å². The van der Waals surface area contributed by atoms with Crippen molar-refractivity contribution in [3.8, 4) is 0 Å². The molecule has 0 radical (unpaired) electrons. The molecular formula is C18H26ClNO3. The summed E-state index contributed by atoms with van der Waals surface area (Å²) in [6.07, 6.45) is 4.77. The quantitative estimate of drug-likeness (QED) is 0.629. The fourth-order valence-electron chi connectivity index (χ4n) is 2.44. The third kappa shape index (κ3) is 6.61. The molecule has 0 aliphatic rings. The fraction of sp³-hybridized carbons (Fsp3) is 0.556. The molecule has 0 atom stereocenters. The highest BCUT2D eigenvalue weighted by Gasteiger charge is 2.31. The van der Waals surface area contributed by atoms with Crippen LogP contribution in [0.1, 0.15) is 57.9 Å². The third-order valence-electron chi connectivity index (χ3n) is 3.97. The van der Waals surface area contributed by atoms with Crippen LogP contribution in [0.2, 0.25) is 5.02 Å². The van der Waals surface area contributed by atoms with E-state index < -0.39 is 11.4 Å². The number of hydrogen-bond donors (Lipinski definition) is 2. The minimum atomic E-state index is -0.737. The number of carboxylic acids is 1. The van der Waals surface area contributed by atoms with Gasteiger partial charge in [0, 0.05) is 18.0 Å². The van der Waals surface area contributed by atoms with Gasteiger partial charge < -0.3 is 10.4 Å². The predicted molar refractivity (Wildman–Crippen MR) is 92.8 cm³/mol. The first-order chi connectivity index (χ1) is 10.9. The summed E-state index contributed by atoms with van der Waals surface area (Å²) in [6, 6.07) is 7.41. The van der Waals surface area contributed by atoms with E-state index in [2.05, 4.69) is 5.32 Å². The van der Waals surface area contributed by atoms with Crippen molar-refractivity contribution in [1.29, 1.82) is 0 Å². The molecule has 0 spiro atoms. The Morgan fingerprint density at radius 2 is 1.70 bits per heavy atom. The molecule has 1 rings (SSSR count). The number of amides is 1. The molecule has 0 bridgehead atoms. The largest absolute Gasteiger partial charge is 0.481 e. The van der Waals surface area contributed by atoms with Gasteiger partial charge >= 0.3 is 5.97 Å². The van der Waals surface area contributed by atoms with Crippen molar-refractivity contribution in [2.75, 3.05) is 6.54 Å². The molecule has 0 fully saturated rings. The number of aliphatic carboxylic acids is 1. The van der Waals surface area contributed by atoms with Gasteiger partial charge in [0.05, 0.1) is 5.41 Å². The zero-order chi connectivity index (χ0) is 17.3. The van der Waals surface area contributed by atoms with Crippen LogP contribution in [0.5, 0.6) is 0 Å². The van der Waals surface area contributed by atoms with E-state index in [1.807, 2.05) is 32.0 Å². The molecule has 0 aliphatic carbocycles. The first-order valence-electron chi connectivity index (χ1n) is 8.11. The molecule has 0 aromatic heterocycles. The van der Waals surface area contributed by atoms with Gasteiger partial charge in [0.2, 0.25) is 5.91 Å². The Morgan fingerprint density at radius 3 is 2.35 bits per heavy atom. The Bertz CT molecular complexity index is 529. The molecule has 1 aromatic rings. The second-order valence-corrected chi connectivity index (χ2v) is 6.68. The van der Waals surface area contributed by atoms with Crippen molar-refractivity contribution in [3.63, 3.8) is 0 Å². The number of carbonyl (C=O) groups is 2. The van der Waals surface area contributed by atoms with Gasteiger partial charge in [-0.25, -0.2) is 0 Å². The van der Waals surface area contributed by atoms with Gasteiger partial charge in [0.1, 0.15) is 0 Å². The van der Waals surface area contributed by atoms with Crippen LogP contribution in [0.15, 0.2) is 24.3 Å². The van der Waals surface area contributed by atoms with Crippen LogP contribution in [0, 0.1) is 0 Å². The lowest BCUT2D eigenvalue weighted by atomic mass is 9.83. The summed E-state index contributed by atoms with van der Waals surface area (Å²) in [5, 5.41) is 12.1. The summed E-state index contributed by atoms with van der Waals surface area (Å²) in [5.41, 5.74) is 0.160. The molecule has 1 aromatic carbocycles. The maximum atomic E-state index is 12.4. The van der Waals surface area contributed by atoms with Gasteiger partial charge in [0.15, 0.2) is 0 Å². The van der Waals surface area contributed by atoms with E-state index in [1.165, 1.54) is 0 Å². The van der Waals surface area contributed by atoms with Crippen molar-refractivity contribution >= 4 is 23.5 Å². The van der Waals surface area contributed by atoms with Crippen LogP contribution in [-0.2, 0) is 15.0 Å². The minimum absolute atomic E-state index is 0.0310. The van der Waals surface area contributed by atoms with E-state index in [0.717, 1.165) is 37.7 Å². The molecule has 1 amide bonds. The molecule has 0 heterocycles. The molecule has 0 saturated heterocycles. The fourth-order valence-corrected chi connectivity index (χ4v) is 2.82. The Kier molecular flexibility index (Phi) is 8.10. The molecule has 23 heavy (non-hydrogen) atoms. The van der Waals surface area contributed by atoms with Crippen LogP contribution in [-0.4, -0.2) is 23.5 Å². The highest BCUT2D eigenvalue weighted by molar-refractivity contribution is 6.31. The van der Waals surface area contributed by atoms with Crippen molar-refractivity contribution in [2.45, 2.75) is 57.8 Å². The van der Waals surface area contributed by atoms with Crippen LogP contribution < -0.4 is 5.32 Å². The lowest BCUT2D eigenvalue weighted by Gasteiger charge is -2.25. The second-order valence-electron chi connectivity index (χ2n) is 6.27. The highest BCUT2D eigenvalue weighted by Crippen LogP contribution is 2.29. The standard InChI is InChI=1S/C18H26ClNO3/c1-18(2,14-10-7-8-11-15(14)19)17(23)20-13-9-5-3-4-6-12-16(21)22/h7-8,10-11H,3-6,9,12-13H2,1-2H3,(H,20,23)(H,21,22). The number of halogens is 1. The molecule has 0 aliphatic heterocycles. The third-order valence-corrected chi connectivity index (χ3v) is 4.30. The first kappa shape index (κ1) is 19.5. The number of benzene rings is 1. The zero-order valence-corrected chi connectivity index (χ0v) is 14.7. The van der Waals surface area contributed by atoms with E-state index >= 15 is 0 Å². The predicted octanol–water partition coefficient (Wildman–Crippen LogP) is 4.16. The molecule has 0 saturated carbocycles. The number of hydrogen-bond acceptors (Lipinski definition) is 2. The first-order valence-corrected chi connectivity index (χ1v) is 8.48. The Morgan fingerprint density at radius 1 is 1.09 bits per heavy atom. The lowest BCUT2D eigenvalue weighted by Crippen LogP contribution is -2.40. The molecule has 128 valence electrons. The Hall–Kier alpha value is -1.55. The zero-order valence-electron chi connectivity index (χ0n) is 13.9. The second kappa shape index (κ2) is 9.56. The van der Waals surface area contributed by atoms with Crippen LogP contribution in [0.3, 0.4) is 0 Å². The lowest BCUT2D eigenvalue weighted by molar-refractivity contribution is -0.137. The van der Waals surface area contributed by atoms with Crippen molar-refractivity contribution in [3.05, 3.63) is 34.9 Å². The molecule has 5 heteroatoms. The van der Waals surface area contributed by atoms with Crippen LogP contribution >= 0.6 is 11.6 Å². The van der Waals surface area contributed by atoms with E-state index in [0.29, 0.717) is 11.6 Å². The summed E-state index contributed by atoms with van der Waals surface area (Å²) >= 11 is 6.19. The van der Waals surface area contributed by atoms with Crippen molar-refractivity contribution < 1.29 is 14.7 Å². The summed E-state index contributed by atoms with van der Waals surface area (Å²) in [5.74, 6) is -0.768. The summed E-state index contributed by atoms with van der Waals surface area (Å²) in [7, 11) is 0. The van der Waals surface area contributed by atoms with Crippen molar-refractivity contribution in [1.82, 2.24) is 5.32 Å². The van der Waals surface area contributed by atoms with Gasteiger partial charge in [-0.1, -0.05) is 49.1 Å². The molecular weight excluding hydrogens is 314 g/mol. The van der Waals surface area contributed by atoms with E-state index in [9.17, 15) is 9.59 Å². The van der Waals surface area contributed by atoms with Gasteiger partial charge in [-0.05, 0) is 38.3 Å². The average molecular weight is 340 g/mol. The number of carboxylic acid groups (broad SMARTS) is 1. The SMILES string of the molecule is CC(C)(C(=O)NCCCCCCCC(=O)O)c1ccccc1Cl. The topological polar surface area (TPSA) is 66.4 Å². The van der Waals surface area contributed by atoms with Gasteiger partial charge in [-0.3, -0.25) is 9.59 Å². The molecule has 2 N–H and O–H groups in total. The maximum Gasteiger partial charge on any atom is 0.303 e. The monoisotopic (exact) mass is 339 g/mol.